The van der Waals surface area contributed by atoms with Gasteiger partial charge in [-0.15, -0.1) is 0 Å². The van der Waals surface area contributed by atoms with E-state index in [1.807, 2.05) is 25.1 Å². The molecule has 1 aromatic carbocycles. The third-order valence-corrected chi connectivity index (χ3v) is 2.85. The highest BCUT2D eigenvalue weighted by molar-refractivity contribution is 9.10. The van der Waals surface area contributed by atoms with Gasteiger partial charge in [0.1, 0.15) is 5.52 Å². The number of aromatic nitrogens is 1. The highest BCUT2D eigenvalue weighted by Gasteiger charge is 2.08. The van der Waals surface area contributed by atoms with E-state index in [0.717, 1.165) is 34.3 Å². The Balaban J connectivity index is 2.27. The predicted molar refractivity (Wildman–Crippen MR) is 63.7 cm³/mol. The molecule has 1 atom stereocenters. The molecule has 0 saturated carbocycles. The van der Waals surface area contributed by atoms with Crippen LogP contribution in [-0.2, 0) is 6.42 Å². The van der Waals surface area contributed by atoms with Crippen molar-refractivity contribution in [3.8, 4) is 0 Å². The van der Waals surface area contributed by atoms with Crippen LogP contribution >= 0.6 is 15.9 Å². The number of fused-ring (bicyclic) bond motifs is 1. The van der Waals surface area contributed by atoms with Crippen LogP contribution < -0.4 is 5.73 Å². The van der Waals surface area contributed by atoms with E-state index in [1.54, 1.807) is 0 Å². The van der Waals surface area contributed by atoms with E-state index < -0.39 is 0 Å². The quantitative estimate of drug-likeness (QED) is 0.932. The van der Waals surface area contributed by atoms with Crippen molar-refractivity contribution in [3.63, 3.8) is 0 Å². The first-order valence-electron chi connectivity index (χ1n) is 4.96. The van der Waals surface area contributed by atoms with Gasteiger partial charge in [-0.2, -0.15) is 0 Å². The molecular formula is C11H13BrN2O. The average Bonchev–Trinajstić information content (AvgIpc) is 2.59. The summed E-state index contributed by atoms with van der Waals surface area (Å²) in [5.74, 6) is 0.759. The largest absolute Gasteiger partial charge is 0.440 e. The summed E-state index contributed by atoms with van der Waals surface area (Å²) < 4.78 is 6.58. The number of nitrogens with zero attached hydrogens (tertiary/aromatic N) is 1. The molecule has 0 aliphatic heterocycles. The summed E-state index contributed by atoms with van der Waals surface area (Å²) in [6.07, 6.45) is 1.68. The summed E-state index contributed by atoms with van der Waals surface area (Å²) in [6.45, 7) is 1.98. The van der Waals surface area contributed by atoms with Crippen LogP contribution in [0.25, 0.3) is 11.1 Å². The summed E-state index contributed by atoms with van der Waals surface area (Å²) in [6, 6.07) is 6.02. The van der Waals surface area contributed by atoms with Crippen molar-refractivity contribution < 1.29 is 4.42 Å². The lowest BCUT2D eigenvalue weighted by atomic mass is 10.2. The number of hydrogen-bond acceptors (Lipinski definition) is 3. The molecule has 2 rings (SSSR count). The SMILES string of the molecule is CC(N)CCc1nc2cccc(Br)c2o1. The van der Waals surface area contributed by atoms with E-state index in [2.05, 4.69) is 20.9 Å². The molecule has 0 saturated heterocycles. The summed E-state index contributed by atoms with van der Waals surface area (Å²) >= 11 is 3.43. The second-order valence-electron chi connectivity index (χ2n) is 3.71. The maximum atomic E-state index is 5.69. The monoisotopic (exact) mass is 268 g/mol. The van der Waals surface area contributed by atoms with Crippen molar-refractivity contribution in [1.29, 1.82) is 0 Å². The molecule has 3 nitrogen and oxygen atoms in total. The molecule has 0 aliphatic rings. The second-order valence-corrected chi connectivity index (χ2v) is 4.57. The van der Waals surface area contributed by atoms with Crippen molar-refractivity contribution in [2.75, 3.05) is 0 Å². The zero-order valence-corrected chi connectivity index (χ0v) is 10.1. The summed E-state index contributed by atoms with van der Waals surface area (Å²) in [7, 11) is 0. The van der Waals surface area contributed by atoms with Gasteiger partial charge < -0.3 is 10.2 Å². The summed E-state index contributed by atoms with van der Waals surface area (Å²) in [4.78, 5) is 4.39. The molecule has 0 radical (unpaired) electrons. The summed E-state index contributed by atoms with van der Waals surface area (Å²) in [5, 5.41) is 0. The van der Waals surface area contributed by atoms with Gasteiger partial charge in [0.05, 0.1) is 4.47 Å². The zero-order chi connectivity index (χ0) is 10.8. The van der Waals surface area contributed by atoms with Gasteiger partial charge in [-0.25, -0.2) is 4.98 Å². The zero-order valence-electron chi connectivity index (χ0n) is 8.53. The van der Waals surface area contributed by atoms with Crippen molar-refractivity contribution in [3.05, 3.63) is 28.6 Å². The number of nitrogens with two attached hydrogens (primary N) is 1. The maximum absolute atomic E-state index is 5.69. The van der Waals surface area contributed by atoms with E-state index in [1.165, 1.54) is 0 Å². The molecule has 0 bridgehead atoms. The Bertz CT molecular complexity index is 465. The topological polar surface area (TPSA) is 52.0 Å². The molecule has 0 aliphatic carbocycles. The number of aryl methyl sites for hydroxylation is 1. The first-order chi connectivity index (χ1) is 7.16. The Hall–Kier alpha value is -0.870. The number of rotatable bonds is 3. The highest BCUT2D eigenvalue weighted by Crippen LogP contribution is 2.24. The van der Waals surface area contributed by atoms with Crippen LogP contribution in [-0.4, -0.2) is 11.0 Å². The maximum Gasteiger partial charge on any atom is 0.195 e. The van der Waals surface area contributed by atoms with Gasteiger partial charge in [-0.3, -0.25) is 0 Å². The van der Waals surface area contributed by atoms with Gasteiger partial charge in [0.15, 0.2) is 11.5 Å². The molecule has 1 aromatic heterocycles. The summed E-state index contributed by atoms with van der Waals surface area (Å²) in [5.41, 5.74) is 7.40. The number of oxazole rings is 1. The number of benzene rings is 1. The minimum atomic E-state index is 0.184. The van der Waals surface area contributed by atoms with Crippen molar-refractivity contribution in [1.82, 2.24) is 4.98 Å². The van der Waals surface area contributed by atoms with Crippen LogP contribution in [0.2, 0.25) is 0 Å². The first kappa shape index (κ1) is 10.6. The van der Waals surface area contributed by atoms with Crippen LogP contribution in [0.1, 0.15) is 19.2 Å². The Morgan fingerprint density at radius 3 is 3.00 bits per heavy atom. The van der Waals surface area contributed by atoms with Crippen molar-refractivity contribution in [2.24, 2.45) is 5.73 Å². The van der Waals surface area contributed by atoms with Crippen molar-refractivity contribution in [2.45, 2.75) is 25.8 Å². The number of halogens is 1. The molecule has 0 spiro atoms. The standard InChI is InChI=1S/C11H13BrN2O/c1-7(13)5-6-10-14-9-4-2-3-8(12)11(9)15-10/h2-4,7H,5-6,13H2,1H3. The van der Waals surface area contributed by atoms with Crippen molar-refractivity contribution >= 4 is 27.0 Å². The molecule has 80 valence electrons. The van der Waals surface area contributed by atoms with E-state index in [0.29, 0.717) is 0 Å². The number of para-hydroxylation sites is 1. The Kier molecular flexibility index (Phi) is 3.07. The van der Waals surface area contributed by atoms with Crippen LogP contribution in [0.4, 0.5) is 0 Å². The normalized spacial score (nSPS) is 13.3. The van der Waals surface area contributed by atoms with Crippen LogP contribution in [0.5, 0.6) is 0 Å². The van der Waals surface area contributed by atoms with Gasteiger partial charge >= 0.3 is 0 Å². The van der Waals surface area contributed by atoms with Gasteiger partial charge in [0.25, 0.3) is 0 Å². The molecular weight excluding hydrogens is 256 g/mol. The lowest BCUT2D eigenvalue weighted by molar-refractivity contribution is 0.503. The fraction of sp³-hybridized carbons (Fsp3) is 0.364. The van der Waals surface area contributed by atoms with Gasteiger partial charge in [0, 0.05) is 12.5 Å². The van der Waals surface area contributed by atoms with Gasteiger partial charge in [-0.1, -0.05) is 6.07 Å². The van der Waals surface area contributed by atoms with Crippen LogP contribution in [0, 0.1) is 0 Å². The second kappa shape index (κ2) is 4.33. The van der Waals surface area contributed by atoms with E-state index in [-0.39, 0.29) is 6.04 Å². The molecule has 0 amide bonds. The first-order valence-corrected chi connectivity index (χ1v) is 5.75. The van der Waals surface area contributed by atoms with Crippen LogP contribution in [0.3, 0.4) is 0 Å². The molecule has 2 aromatic rings. The van der Waals surface area contributed by atoms with Gasteiger partial charge in [0.2, 0.25) is 0 Å². The Morgan fingerprint density at radius 2 is 2.33 bits per heavy atom. The van der Waals surface area contributed by atoms with E-state index in [4.69, 9.17) is 10.2 Å². The molecule has 2 N–H and O–H groups in total. The minimum Gasteiger partial charge on any atom is -0.440 e. The van der Waals surface area contributed by atoms with E-state index >= 15 is 0 Å². The molecule has 1 heterocycles. The number of hydrogen-bond donors (Lipinski definition) is 1. The lowest BCUT2D eigenvalue weighted by Gasteiger charge is -1.99. The molecule has 0 fully saturated rings. The van der Waals surface area contributed by atoms with Gasteiger partial charge in [-0.05, 0) is 41.4 Å². The predicted octanol–water partition coefficient (Wildman–Crippen LogP) is 2.87. The molecule has 4 heteroatoms. The average molecular weight is 269 g/mol. The third kappa shape index (κ3) is 2.38. The minimum absolute atomic E-state index is 0.184. The van der Waals surface area contributed by atoms with Crippen LogP contribution in [0.15, 0.2) is 27.1 Å². The third-order valence-electron chi connectivity index (χ3n) is 2.22. The lowest BCUT2D eigenvalue weighted by Crippen LogP contribution is -2.15. The Labute approximate surface area is 96.8 Å². The highest BCUT2D eigenvalue weighted by atomic mass is 79.9. The van der Waals surface area contributed by atoms with E-state index in [9.17, 15) is 0 Å². The molecule has 15 heavy (non-hydrogen) atoms. The smallest absolute Gasteiger partial charge is 0.195 e. The Morgan fingerprint density at radius 1 is 1.53 bits per heavy atom. The fourth-order valence-electron chi connectivity index (χ4n) is 1.42. The molecule has 1 unspecified atom stereocenters. The fourth-order valence-corrected chi connectivity index (χ4v) is 1.86.